The summed E-state index contributed by atoms with van der Waals surface area (Å²) in [6, 6.07) is 6.39. The predicted octanol–water partition coefficient (Wildman–Crippen LogP) is 2.73. The van der Waals surface area contributed by atoms with Gasteiger partial charge >= 0.3 is 0 Å². The first-order chi connectivity index (χ1) is 10.2. The van der Waals surface area contributed by atoms with Crippen LogP contribution in [0.15, 0.2) is 24.4 Å². The lowest BCUT2D eigenvalue weighted by Crippen LogP contribution is -2.18. The van der Waals surface area contributed by atoms with E-state index >= 15 is 0 Å². The highest BCUT2D eigenvalue weighted by molar-refractivity contribution is 5.44. The van der Waals surface area contributed by atoms with Crippen LogP contribution in [0.25, 0.3) is 0 Å². The van der Waals surface area contributed by atoms with Gasteiger partial charge in [0.25, 0.3) is 0 Å². The molecule has 0 bridgehead atoms. The second-order valence-corrected chi connectivity index (χ2v) is 5.38. The quantitative estimate of drug-likeness (QED) is 0.907. The first kappa shape index (κ1) is 13.9. The molecule has 1 aromatic carbocycles. The molecule has 5 nitrogen and oxygen atoms in total. The van der Waals surface area contributed by atoms with E-state index in [9.17, 15) is 0 Å². The summed E-state index contributed by atoms with van der Waals surface area (Å²) in [5.41, 5.74) is 3.49. The van der Waals surface area contributed by atoms with E-state index in [0.717, 1.165) is 36.8 Å². The Hall–Kier alpha value is -2.01. The summed E-state index contributed by atoms with van der Waals surface area (Å²) in [6.07, 6.45) is 2.79. The van der Waals surface area contributed by atoms with Crippen molar-refractivity contribution >= 4 is 0 Å². The molecule has 0 radical (unpaired) electrons. The molecule has 0 saturated carbocycles. The van der Waals surface area contributed by atoms with Gasteiger partial charge < -0.3 is 14.8 Å². The number of rotatable bonds is 4. The van der Waals surface area contributed by atoms with Crippen LogP contribution in [-0.4, -0.2) is 23.4 Å². The Morgan fingerprint density at radius 2 is 2.10 bits per heavy atom. The molecule has 0 amide bonds. The van der Waals surface area contributed by atoms with E-state index < -0.39 is 0 Å². The number of aromatic nitrogens is 2. The standard InChI is InChI=1S/C16H21N3O2/c1-11(17-9-14-10-18-19-12(14)2)13-4-5-15-16(8-13)21-7-3-6-20-15/h4-5,8,10-11,17H,3,6-7,9H2,1-2H3,(H,18,19)/t11-/m1/s1. The molecule has 1 aliphatic heterocycles. The van der Waals surface area contributed by atoms with E-state index in [1.165, 1.54) is 11.1 Å². The van der Waals surface area contributed by atoms with Crippen molar-refractivity contribution in [2.24, 2.45) is 0 Å². The highest BCUT2D eigenvalue weighted by atomic mass is 16.5. The molecular formula is C16H21N3O2. The zero-order valence-electron chi connectivity index (χ0n) is 12.5. The average molecular weight is 287 g/mol. The van der Waals surface area contributed by atoms with Crippen LogP contribution < -0.4 is 14.8 Å². The number of nitrogens with zero attached hydrogens (tertiary/aromatic N) is 1. The normalized spacial score (nSPS) is 15.5. The molecule has 0 saturated heterocycles. The Kier molecular flexibility index (Phi) is 4.10. The molecule has 3 rings (SSSR count). The van der Waals surface area contributed by atoms with E-state index in [2.05, 4.69) is 34.6 Å². The van der Waals surface area contributed by atoms with E-state index in [4.69, 9.17) is 9.47 Å². The molecule has 2 aromatic rings. The van der Waals surface area contributed by atoms with Crippen LogP contribution in [0.2, 0.25) is 0 Å². The summed E-state index contributed by atoms with van der Waals surface area (Å²) in [4.78, 5) is 0. The number of H-pyrrole nitrogens is 1. The lowest BCUT2D eigenvalue weighted by atomic mass is 10.1. The number of hydrogen-bond acceptors (Lipinski definition) is 4. The minimum atomic E-state index is 0.233. The summed E-state index contributed by atoms with van der Waals surface area (Å²) < 4.78 is 11.4. The van der Waals surface area contributed by atoms with Crippen molar-refractivity contribution in [2.45, 2.75) is 32.9 Å². The van der Waals surface area contributed by atoms with Gasteiger partial charge in [0.15, 0.2) is 11.5 Å². The van der Waals surface area contributed by atoms with Crippen LogP contribution in [0.1, 0.15) is 36.2 Å². The Balaban J connectivity index is 1.68. The summed E-state index contributed by atoms with van der Waals surface area (Å²) in [7, 11) is 0. The SMILES string of the molecule is Cc1[nH]ncc1CN[C@H](C)c1ccc2c(c1)OCCCO2. The number of benzene rings is 1. The van der Waals surface area contributed by atoms with E-state index in [1.807, 2.05) is 19.2 Å². The summed E-state index contributed by atoms with van der Waals surface area (Å²) >= 11 is 0. The smallest absolute Gasteiger partial charge is 0.161 e. The van der Waals surface area contributed by atoms with Gasteiger partial charge in [0.05, 0.1) is 19.4 Å². The van der Waals surface area contributed by atoms with Crippen molar-refractivity contribution in [1.29, 1.82) is 0 Å². The minimum Gasteiger partial charge on any atom is -0.490 e. The molecule has 5 heteroatoms. The number of aromatic amines is 1. The molecule has 112 valence electrons. The van der Waals surface area contributed by atoms with Crippen molar-refractivity contribution in [3.8, 4) is 11.5 Å². The van der Waals surface area contributed by atoms with Crippen LogP contribution in [0, 0.1) is 6.92 Å². The predicted molar refractivity (Wildman–Crippen MR) is 80.6 cm³/mol. The molecule has 21 heavy (non-hydrogen) atoms. The third kappa shape index (κ3) is 3.19. The van der Waals surface area contributed by atoms with Gasteiger partial charge in [0.2, 0.25) is 0 Å². The number of aryl methyl sites for hydroxylation is 1. The lowest BCUT2D eigenvalue weighted by molar-refractivity contribution is 0.297. The number of hydrogen-bond donors (Lipinski definition) is 2. The van der Waals surface area contributed by atoms with Crippen molar-refractivity contribution in [3.63, 3.8) is 0 Å². The summed E-state index contributed by atoms with van der Waals surface area (Å²) in [6.45, 7) is 6.40. The van der Waals surface area contributed by atoms with E-state index in [0.29, 0.717) is 6.61 Å². The number of fused-ring (bicyclic) bond motifs is 1. The van der Waals surface area contributed by atoms with Crippen LogP contribution >= 0.6 is 0 Å². The molecule has 2 N–H and O–H groups in total. The van der Waals surface area contributed by atoms with Crippen LogP contribution in [-0.2, 0) is 6.54 Å². The van der Waals surface area contributed by atoms with Gasteiger partial charge in [-0.05, 0) is 31.5 Å². The summed E-state index contributed by atoms with van der Waals surface area (Å²) in [5, 5.41) is 10.5. The maximum atomic E-state index is 5.74. The minimum absolute atomic E-state index is 0.233. The van der Waals surface area contributed by atoms with Crippen molar-refractivity contribution in [3.05, 3.63) is 41.2 Å². The van der Waals surface area contributed by atoms with Gasteiger partial charge in [-0.2, -0.15) is 5.10 Å². The van der Waals surface area contributed by atoms with Gasteiger partial charge in [-0.3, -0.25) is 5.10 Å². The van der Waals surface area contributed by atoms with Crippen molar-refractivity contribution in [1.82, 2.24) is 15.5 Å². The topological polar surface area (TPSA) is 59.2 Å². The van der Waals surface area contributed by atoms with Gasteiger partial charge in [-0.15, -0.1) is 0 Å². The monoisotopic (exact) mass is 287 g/mol. The van der Waals surface area contributed by atoms with Crippen molar-refractivity contribution < 1.29 is 9.47 Å². The molecular weight excluding hydrogens is 266 g/mol. The fraction of sp³-hybridized carbons (Fsp3) is 0.438. The summed E-state index contributed by atoms with van der Waals surface area (Å²) in [5.74, 6) is 1.69. The third-order valence-electron chi connectivity index (χ3n) is 3.80. The second kappa shape index (κ2) is 6.18. The lowest BCUT2D eigenvalue weighted by Gasteiger charge is -2.16. The first-order valence-electron chi connectivity index (χ1n) is 7.36. The Morgan fingerprint density at radius 3 is 2.86 bits per heavy atom. The Labute approximate surface area is 124 Å². The zero-order valence-corrected chi connectivity index (χ0v) is 12.5. The maximum Gasteiger partial charge on any atom is 0.161 e. The Bertz CT molecular complexity index is 609. The molecule has 1 aliphatic rings. The van der Waals surface area contributed by atoms with E-state index in [1.54, 1.807) is 0 Å². The number of nitrogens with one attached hydrogen (secondary N) is 2. The second-order valence-electron chi connectivity index (χ2n) is 5.38. The molecule has 0 spiro atoms. The fourth-order valence-electron chi connectivity index (χ4n) is 2.38. The molecule has 0 fully saturated rings. The number of ether oxygens (including phenoxy) is 2. The third-order valence-corrected chi connectivity index (χ3v) is 3.80. The van der Waals surface area contributed by atoms with Gasteiger partial charge in [0.1, 0.15) is 0 Å². The van der Waals surface area contributed by atoms with Crippen LogP contribution in [0.4, 0.5) is 0 Å². The highest BCUT2D eigenvalue weighted by Gasteiger charge is 2.13. The maximum absolute atomic E-state index is 5.74. The van der Waals surface area contributed by atoms with Gasteiger partial charge in [-0.25, -0.2) is 0 Å². The van der Waals surface area contributed by atoms with Gasteiger partial charge in [-0.1, -0.05) is 6.07 Å². The average Bonchev–Trinajstić information content (AvgIpc) is 2.76. The van der Waals surface area contributed by atoms with Crippen molar-refractivity contribution in [2.75, 3.05) is 13.2 Å². The largest absolute Gasteiger partial charge is 0.490 e. The Morgan fingerprint density at radius 1 is 1.29 bits per heavy atom. The fourth-order valence-corrected chi connectivity index (χ4v) is 2.38. The first-order valence-corrected chi connectivity index (χ1v) is 7.36. The molecule has 1 aromatic heterocycles. The van der Waals surface area contributed by atoms with E-state index in [-0.39, 0.29) is 6.04 Å². The molecule has 0 aliphatic carbocycles. The highest BCUT2D eigenvalue weighted by Crippen LogP contribution is 2.32. The molecule has 2 heterocycles. The van der Waals surface area contributed by atoms with Crippen LogP contribution in [0.5, 0.6) is 11.5 Å². The van der Waals surface area contributed by atoms with Gasteiger partial charge in [0, 0.05) is 30.3 Å². The van der Waals surface area contributed by atoms with Crippen LogP contribution in [0.3, 0.4) is 0 Å². The zero-order chi connectivity index (χ0) is 14.7. The molecule has 1 atom stereocenters. The molecule has 0 unspecified atom stereocenters.